The minimum atomic E-state index is 0.466. The first kappa shape index (κ1) is 25.7. The summed E-state index contributed by atoms with van der Waals surface area (Å²) < 4.78 is 22.5. The van der Waals surface area contributed by atoms with Crippen molar-refractivity contribution < 1.29 is 18.9 Å². The van der Waals surface area contributed by atoms with Crippen molar-refractivity contribution in [3.05, 3.63) is 65.7 Å². The quantitative estimate of drug-likeness (QED) is 0.246. The Kier molecular flexibility index (Phi) is 8.85. The number of morpholine rings is 2. The van der Waals surface area contributed by atoms with E-state index in [1.165, 1.54) is 5.56 Å². The van der Waals surface area contributed by atoms with Crippen molar-refractivity contribution in [1.29, 1.82) is 0 Å². The Balaban J connectivity index is 1.16. The van der Waals surface area contributed by atoms with E-state index < -0.39 is 0 Å². The molecule has 0 bridgehead atoms. The Morgan fingerprint density at radius 1 is 0.842 bits per heavy atom. The van der Waals surface area contributed by atoms with Crippen molar-refractivity contribution in [2.24, 2.45) is 5.10 Å². The minimum absolute atomic E-state index is 0.466. The number of hydrogen-bond acceptors (Lipinski definition) is 10. The summed E-state index contributed by atoms with van der Waals surface area (Å²) in [5.41, 5.74) is 5.20. The van der Waals surface area contributed by atoms with Crippen molar-refractivity contribution in [1.82, 2.24) is 9.97 Å². The van der Waals surface area contributed by atoms with Crippen LogP contribution in [0.5, 0.6) is 11.5 Å². The second-order valence-corrected chi connectivity index (χ2v) is 9.06. The van der Waals surface area contributed by atoms with Crippen LogP contribution >= 0.6 is 0 Å². The normalized spacial score (nSPS) is 16.0. The topological polar surface area (TPSA) is 93.6 Å². The smallest absolute Gasteiger partial charge is 0.229 e. The van der Waals surface area contributed by atoms with Gasteiger partial charge in [-0.25, -0.2) is 0 Å². The molecule has 2 saturated heterocycles. The summed E-state index contributed by atoms with van der Waals surface area (Å²) in [6.45, 7) is 8.85. The third-order valence-electron chi connectivity index (χ3n) is 6.21. The fraction of sp³-hybridized carbons (Fsp3) is 0.393. The molecular weight excluding hydrogens is 484 g/mol. The summed E-state index contributed by atoms with van der Waals surface area (Å²) in [5, 5.41) is 4.42. The van der Waals surface area contributed by atoms with Crippen molar-refractivity contribution >= 4 is 23.8 Å². The van der Waals surface area contributed by atoms with Gasteiger partial charge in [0, 0.05) is 32.2 Å². The van der Waals surface area contributed by atoms with Crippen LogP contribution in [-0.4, -0.2) is 82.0 Å². The first-order valence-corrected chi connectivity index (χ1v) is 13.0. The van der Waals surface area contributed by atoms with Crippen LogP contribution in [0.15, 0.2) is 59.7 Å². The van der Waals surface area contributed by atoms with Gasteiger partial charge in [0.15, 0.2) is 5.82 Å². The van der Waals surface area contributed by atoms with E-state index in [0.29, 0.717) is 51.4 Å². The first-order valence-electron chi connectivity index (χ1n) is 13.0. The Morgan fingerprint density at radius 3 is 2.24 bits per heavy atom. The molecule has 0 amide bonds. The van der Waals surface area contributed by atoms with Crippen LogP contribution in [0.2, 0.25) is 0 Å². The lowest BCUT2D eigenvalue weighted by Crippen LogP contribution is -2.39. The standard InChI is InChI=1S/C28H34N6O4/c1-22-3-2-4-25(19-22)38-18-17-37-24-7-5-23(6-8-24)21-29-32-26-20-27(33-9-13-35-14-10-33)31-28(30-26)34-11-15-36-16-12-34/h2-8,19-21H,9-18H2,1H3,(H,30,31,32)/b29-21+. The van der Waals surface area contributed by atoms with Gasteiger partial charge in [0.2, 0.25) is 5.95 Å². The number of aromatic nitrogens is 2. The molecule has 38 heavy (non-hydrogen) atoms. The van der Waals surface area contributed by atoms with Gasteiger partial charge in [-0.1, -0.05) is 12.1 Å². The number of nitrogens with one attached hydrogen (secondary N) is 1. The second-order valence-electron chi connectivity index (χ2n) is 9.06. The lowest BCUT2D eigenvalue weighted by molar-refractivity contribution is 0.121. The maximum absolute atomic E-state index is 5.80. The van der Waals surface area contributed by atoms with Crippen LogP contribution < -0.4 is 24.7 Å². The molecule has 0 unspecified atom stereocenters. The molecule has 0 aliphatic carbocycles. The van der Waals surface area contributed by atoms with Gasteiger partial charge in [0.25, 0.3) is 0 Å². The van der Waals surface area contributed by atoms with Gasteiger partial charge in [-0.2, -0.15) is 15.1 Å². The van der Waals surface area contributed by atoms with Gasteiger partial charge in [-0.05, 0) is 54.4 Å². The Labute approximate surface area is 223 Å². The highest BCUT2D eigenvalue weighted by Crippen LogP contribution is 2.22. The van der Waals surface area contributed by atoms with Crippen molar-refractivity contribution in [3.8, 4) is 11.5 Å². The lowest BCUT2D eigenvalue weighted by atomic mass is 10.2. The zero-order valence-corrected chi connectivity index (χ0v) is 21.7. The van der Waals surface area contributed by atoms with Crippen LogP contribution in [0.25, 0.3) is 0 Å². The molecule has 3 heterocycles. The number of nitrogens with zero attached hydrogens (tertiary/aromatic N) is 5. The number of benzene rings is 2. The molecule has 1 N–H and O–H groups in total. The summed E-state index contributed by atoms with van der Waals surface area (Å²) in [6, 6.07) is 17.7. The van der Waals surface area contributed by atoms with Gasteiger partial charge in [-0.3, -0.25) is 5.43 Å². The molecule has 0 saturated carbocycles. The SMILES string of the molecule is Cc1cccc(OCCOc2ccc(/C=N/Nc3cc(N4CCOCC4)nc(N4CCOCC4)n3)cc2)c1. The fourth-order valence-electron chi connectivity index (χ4n) is 4.19. The zero-order chi connectivity index (χ0) is 26.0. The zero-order valence-electron chi connectivity index (χ0n) is 21.7. The molecule has 0 radical (unpaired) electrons. The molecule has 2 aliphatic heterocycles. The predicted octanol–water partition coefficient (Wildman–Crippen LogP) is 3.36. The molecule has 10 nitrogen and oxygen atoms in total. The maximum atomic E-state index is 5.80. The number of rotatable bonds is 10. The number of aryl methyl sites for hydroxylation is 1. The highest BCUT2D eigenvalue weighted by Gasteiger charge is 2.19. The molecule has 3 aromatic rings. The Bertz CT molecular complexity index is 1160. The third-order valence-corrected chi connectivity index (χ3v) is 6.21. The van der Waals surface area contributed by atoms with Crippen molar-refractivity contribution in [2.75, 3.05) is 81.0 Å². The van der Waals surface area contributed by atoms with E-state index >= 15 is 0 Å². The highest BCUT2D eigenvalue weighted by molar-refractivity contribution is 5.80. The van der Waals surface area contributed by atoms with Gasteiger partial charge in [0.05, 0.1) is 32.6 Å². The van der Waals surface area contributed by atoms with Gasteiger partial charge in [-0.15, -0.1) is 0 Å². The average molecular weight is 519 g/mol. The summed E-state index contributed by atoms with van der Waals surface area (Å²) in [5.74, 6) is 3.83. The number of hydrogen-bond donors (Lipinski definition) is 1. The summed E-state index contributed by atoms with van der Waals surface area (Å²) in [4.78, 5) is 13.9. The average Bonchev–Trinajstić information content (AvgIpc) is 2.97. The predicted molar refractivity (Wildman–Crippen MR) is 148 cm³/mol. The third kappa shape index (κ3) is 7.33. The molecule has 2 fully saturated rings. The molecule has 10 heteroatoms. The molecule has 2 aliphatic rings. The number of hydrazone groups is 1. The van der Waals surface area contributed by atoms with E-state index in [9.17, 15) is 0 Å². The molecule has 200 valence electrons. The Hall–Kier alpha value is -3.89. The lowest BCUT2D eigenvalue weighted by Gasteiger charge is -2.31. The molecule has 0 atom stereocenters. The molecular formula is C28H34N6O4. The number of ether oxygens (including phenoxy) is 4. The molecule has 5 rings (SSSR count). The maximum Gasteiger partial charge on any atom is 0.229 e. The van der Waals surface area contributed by atoms with Crippen LogP contribution in [-0.2, 0) is 9.47 Å². The summed E-state index contributed by atoms with van der Waals surface area (Å²) >= 11 is 0. The van der Waals surface area contributed by atoms with Gasteiger partial charge < -0.3 is 28.7 Å². The molecule has 0 spiro atoms. The Morgan fingerprint density at radius 2 is 1.53 bits per heavy atom. The largest absolute Gasteiger partial charge is 0.490 e. The molecule has 2 aromatic carbocycles. The fourth-order valence-corrected chi connectivity index (χ4v) is 4.19. The van der Waals surface area contributed by atoms with E-state index in [1.54, 1.807) is 6.21 Å². The van der Waals surface area contributed by atoms with E-state index in [1.807, 2.05) is 61.5 Å². The first-order chi connectivity index (χ1) is 18.7. The monoisotopic (exact) mass is 518 g/mol. The minimum Gasteiger partial charge on any atom is -0.490 e. The van der Waals surface area contributed by atoms with E-state index in [0.717, 1.165) is 49.1 Å². The second kappa shape index (κ2) is 13.1. The molecule has 1 aromatic heterocycles. The van der Waals surface area contributed by atoms with Crippen LogP contribution in [0.4, 0.5) is 17.6 Å². The summed E-state index contributed by atoms with van der Waals surface area (Å²) in [6.07, 6.45) is 1.76. The highest BCUT2D eigenvalue weighted by atomic mass is 16.5. The van der Waals surface area contributed by atoms with Crippen LogP contribution in [0.3, 0.4) is 0 Å². The van der Waals surface area contributed by atoms with Crippen LogP contribution in [0, 0.1) is 6.92 Å². The van der Waals surface area contributed by atoms with Gasteiger partial charge in [0.1, 0.15) is 30.5 Å². The summed E-state index contributed by atoms with van der Waals surface area (Å²) in [7, 11) is 0. The number of anilines is 3. The van der Waals surface area contributed by atoms with Crippen molar-refractivity contribution in [3.63, 3.8) is 0 Å². The van der Waals surface area contributed by atoms with Crippen molar-refractivity contribution in [2.45, 2.75) is 6.92 Å². The van der Waals surface area contributed by atoms with E-state index in [2.05, 4.69) is 20.3 Å². The van der Waals surface area contributed by atoms with E-state index in [-0.39, 0.29) is 0 Å². The van der Waals surface area contributed by atoms with Crippen LogP contribution in [0.1, 0.15) is 11.1 Å². The van der Waals surface area contributed by atoms with Gasteiger partial charge >= 0.3 is 0 Å². The van der Waals surface area contributed by atoms with E-state index in [4.69, 9.17) is 28.9 Å².